The summed E-state index contributed by atoms with van der Waals surface area (Å²) in [7, 11) is 0. The fourth-order valence-electron chi connectivity index (χ4n) is 4.27. The third-order valence-electron chi connectivity index (χ3n) is 6.32. The first-order valence-corrected chi connectivity index (χ1v) is 12.5. The van der Waals surface area contributed by atoms with Gasteiger partial charge in [-0.2, -0.15) is 4.39 Å². The number of carbonyl (C=O) groups excluding carboxylic acids is 1. The number of hydrogen-bond donors (Lipinski definition) is 0. The van der Waals surface area contributed by atoms with Gasteiger partial charge in [-0.25, -0.2) is 4.39 Å². The van der Waals surface area contributed by atoms with Crippen LogP contribution in [0, 0.1) is 35.3 Å². The minimum Gasteiger partial charge on any atom is -0.490 e. The van der Waals surface area contributed by atoms with Crippen molar-refractivity contribution in [1.82, 2.24) is 0 Å². The first-order valence-electron chi connectivity index (χ1n) is 12.5. The average molecular weight is 469 g/mol. The van der Waals surface area contributed by atoms with Crippen LogP contribution in [0.15, 0.2) is 36.4 Å². The molecule has 0 spiro atoms. The molecule has 0 aliphatic heterocycles. The van der Waals surface area contributed by atoms with Gasteiger partial charge in [0.2, 0.25) is 5.82 Å². The van der Waals surface area contributed by atoms with Crippen molar-refractivity contribution in [2.24, 2.45) is 11.8 Å². The summed E-state index contributed by atoms with van der Waals surface area (Å²) in [6.45, 7) is 4.43. The van der Waals surface area contributed by atoms with Gasteiger partial charge in [0.15, 0.2) is 11.6 Å². The molecule has 3 nitrogen and oxygen atoms in total. The molecule has 5 heteroatoms. The van der Waals surface area contributed by atoms with Crippen molar-refractivity contribution in [3.63, 3.8) is 0 Å². The summed E-state index contributed by atoms with van der Waals surface area (Å²) in [5, 5.41) is 0. The van der Waals surface area contributed by atoms with Gasteiger partial charge >= 0.3 is 5.97 Å². The Morgan fingerprint density at radius 1 is 0.912 bits per heavy atom. The van der Waals surface area contributed by atoms with Crippen LogP contribution in [-0.4, -0.2) is 12.6 Å². The number of benzene rings is 2. The van der Waals surface area contributed by atoms with E-state index in [1.165, 1.54) is 37.8 Å². The first kappa shape index (κ1) is 25.7. The van der Waals surface area contributed by atoms with Gasteiger partial charge in [-0.05, 0) is 74.4 Å². The maximum atomic E-state index is 14.3. The molecule has 0 heterocycles. The van der Waals surface area contributed by atoms with Gasteiger partial charge < -0.3 is 9.47 Å². The molecule has 0 unspecified atom stereocenters. The second kappa shape index (κ2) is 13.1. The van der Waals surface area contributed by atoms with Gasteiger partial charge in [0.25, 0.3) is 0 Å². The Morgan fingerprint density at radius 3 is 2.32 bits per heavy atom. The minimum absolute atomic E-state index is 0.0379. The molecule has 0 saturated heterocycles. The first-order chi connectivity index (χ1) is 16.5. The van der Waals surface area contributed by atoms with Crippen LogP contribution in [0.3, 0.4) is 0 Å². The van der Waals surface area contributed by atoms with Gasteiger partial charge in [-0.3, -0.25) is 4.79 Å². The molecule has 1 aliphatic rings. The average Bonchev–Trinajstić information content (AvgIpc) is 2.86. The number of rotatable bonds is 9. The highest BCUT2D eigenvalue weighted by molar-refractivity contribution is 5.75. The number of carbonyl (C=O) groups is 1. The Bertz CT molecular complexity index is 997. The predicted molar refractivity (Wildman–Crippen MR) is 130 cm³/mol. The lowest BCUT2D eigenvalue weighted by molar-refractivity contribution is -0.140. The Labute approximate surface area is 201 Å². The van der Waals surface area contributed by atoms with Crippen LogP contribution < -0.4 is 9.47 Å². The number of hydrogen-bond acceptors (Lipinski definition) is 3. The van der Waals surface area contributed by atoms with E-state index >= 15 is 0 Å². The van der Waals surface area contributed by atoms with Crippen LogP contribution in [0.25, 0.3) is 0 Å². The van der Waals surface area contributed by atoms with E-state index in [2.05, 4.69) is 18.8 Å². The fraction of sp³-hybridized carbons (Fsp3) is 0.483. The van der Waals surface area contributed by atoms with Crippen LogP contribution in [0.1, 0.15) is 82.8 Å². The van der Waals surface area contributed by atoms with Crippen LogP contribution in [-0.2, 0) is 4.79 Å². The van der Waals surface area contributed by atoms with Crippen LogP contribution in [0.5, 0.6) is 11.5 Å². The number of halogens is 2. The zero-order chi connectivity index (χ0) is 24.3. The van der Waals surface area contributed by atoms with E-state index in [1.54, 1.807) is 24.3 Å². The largest absolute Gasteiger partial charge is 0.490 e. The van der Waals surface area contributed by atoms with Crippen molar-refractivity contribution in [3.8, 4) is 23.3 Å². The monoisotopic (exact) mass is 468 g/mol. The molecule has 1 saturated carbocycles. The summed E-state index contributed by atoms with van der Waals surface area (Å²) >= 11 is 0. The van der Waals surface area contributed by atoms with E-state index in [9.17, 15) is 13.6 Å². The van der Waals surface area contributed by atoms with E-state index in [-0.39, 0.29) is 23.2 Å². The van der Waals surface area contributed by atoms with Crippen molar-refractivity contribution < 1.29 is 23.0 Å². The third-order valence-corrected chi connectivity index (χ3v) is 6.32. The Kier molecular flexibility index (Phi) is 9.94. The fourth-order valence-corrected chi connectivity index (χ4v) is 4.27. The van der Waals surface area contributed by atoms with Crippen molar-refractivity contribution in [2.45, 2.75) is 71.6 Å². The standard InChI is InChI=1S/C29H34F2O3/c1-3-5-6-7-21-9-14-24(15-10-21)29(32)34-25-17-11-22(12-18-25)8-13-23-16-19-26(33-20-4-2)28(31)27(23)30/h11-12,16-19,21,24H,3-7,9-10,14-15,20H2,1-2H3. The van der Waals surface area contributed by atoms with Crippen molar-refractivity contribution >= 4 is 5.97 Å². The normalized spacial score (nSPS) is 17.5. The zero-order valence-electron chi connectivity index (χ0n) is 20.2. The van der Waals surface area contributed by atoms with Crippen molar-refractivity contribution in [1.29, 1.82) is 0 Å². The minimum atomic E-state index is -1.03. The molecular formula is C29H34F2O3. The molecule has 182 valence electrons. The summed E-state index contributed by atoms with van der Waals surface area (Å²) in [4.78, 5) is 12.6. The maximum Gasteiger partial charge on any atom is 0.314 e. The Morgan fingerprint density at radius 2 is 1.65 bits per heavy atom. The molecule has 34 heavy (non-hydrogen) atoms. The molecule has 2 aromatic rings. The van der Waals surface area contributed by atoms with E-state index in [4.69, 9.17) is 9.47 Å². The quantitative estimate of drug-likeness (QED) is 0.166. The third kappa shape index (κ3) is 7.32. The molecule has 0 N–H and O–H groups in total. The smallest absolute Gasteiger partial charge is 0.314 e. The lowest BCUT2D eigenvalue weighted by Crippen LogP contribution is -2.25. The summed E-state index contributed by atoms with van der Waals surface area (Å²) in [5.41, 5.74) is 0.570. The second-order valence-electron chi connectivity index (χ2n) is 9.00. The molecule has 0 atom stereocenters. The summed E-state index contributed by atoms with van der Waals surface area (Å²) in [6, 6.07) is 9.55. The van der Waals surface area contributed by atoms with E-state index in [0.29, 0.717) is 24.3 Å². The highest BCUT2D eigenvalue weighted by atomic mass is 19.2. The zero-order valence-corrected chi connectivity index (χ0v) is 20.2. The maximum absolute atomic E-state index is 14.3. The summed E-state index contributed by atoms with van der Waals surface area (Å²) in [5.74, 6) is 4.32. The second-order valence-corrected chi connectivity index (χ2v) is 9.00. The van der Waals surface area contributed by atoms with E-state index in [1.807, 2.05) is 6.92 Å². The predicted octanol–water partition coefficient (Wildman–Crippen LogP) is 7.45. The van der Waals surface area contributed by atoms with Gasteiger partial charge in [0.05, 0.1) is 18.1 Å². The molecule has 0 aromatic heterocycles. The van der Waals surface area contributed by atoms with Crippen molar-refractivity contribution in [2.75, 3.05) is 6.61 Å². The van der Waals surface area contributed by atoms with Crippen LogP contribution in [0.2, 0.25) is 0 Å². The molecule has 0 amide bonds. The molecule has 0 bridgehead atoms. The molecule has 2 aromatic carbocycles. The highest BCUT2D eigenvalue weighted by Crippen LogP contribution is 2.33. The summed E-state index contributed by atoms with van der Waals surface area (Å²) in [6.07, 6.45) is 9.76. The van der Waals surface area contributed by atoms with Gasteiger partial charge in [0, 0.05) is 5.56 Å². The number of ether oxygens (including phenoxy) is 2. The molecule has 1 fully saturated rings. The van der Waals surface area contributed by atoms with Crippen LogP contribution >= 0.6 is 0 Å². The van der Waals surface area contributed by atoms with Gasteiger partial charge in [-0.15, -0.1) is 0 Å². The molecular weight excluding hydrogens is 434 g/mol. The topological polar surface area (TPSA) is 35.5 Å². The van der Waals surface area contributed by atoms with Crippen molar-refractivity contribution in [3.05, 3.63) is 59.2 Å². The Balaban J connectivity index is 1.53. The molecule has 0 radical (unpaired) electrons. The molecule has 1 aliphatic carbocycles. The summed E-state index contributed by atoms with van der Waals surface area (Å²) < 4.78 is 39.1. The van der Waals surface area contributed by atoms with Gasteiger partial charge in [-0.1, -0.05) is 51.4 Å². The van der Waals surface area contributed by atoms with E-state index < -0.39 is 11.6 Å². The van der Waals surface area contributed by atoms with Gasteiger partial charge in [0.1, 0.15) is 5.75 Å². The van der Waals surface area contributed by atoms with E-state index in [0.717, 1.165) is 31.6 Å². The SMILES string of the molecule is CCCCCC1CCC(C(=O)Oc2ccc(C#Cc3ccc(OCCC)c(F)c3F)cc2)CC1. The highest BCUT2D eigenvalue weighted by Gasteiger charge is 2.27. The number of unbranched alkanes of at least 4 members (excludes halogenated alkanes) is 2. The molecule has 3 rings (SSSR count). The van der Waals surface area contributed by atoms with Crippen LogP contribution in [0.4, 0.5) is 8.78 Å². The lowest BCUT2D eigenvalue weighted by Gasteiger charge is -2.27. The number of esters is 1. The Hall–Kier alpha value is -2.87. The lowest BCUT2D eigenvalue weighted by atomic mass is 9.80.